The van der Waals surface area contributed by atoms with Crippen molar-refractivity contribution >= 4 is 39.1 Å². The van der Waals surface area contributed by atoms with Crippen LogP contribution in [0.15, 0.2) is 83.8 Å². The maximum atomic E-state index is 13.9. The van der Waals surface area contributed by atoms with Gasteiger partial charge in [0.15, 0.2) is 0 Å². The normalized spacial score (nSPS) is 12.7. The van der Waals surface area contributed by atoms with E-state index in [0.29, 0.717) is 10.8 Å². The highest BCUT2D eigenvalue weighted by atomic mass is 35.5. The second-order valence-electron chi connectivity index (χ2n) is 9.16. The average molecular weight is 572 g/mol. The van der Waals surface area contributed by atoms with Crippen LogP contribution in [0.25, 0.3) is 0 Å². The number of carbonyl (C=O) groups is 2. The predicted molar refractivity (Wildman–Crippen MR) is 153 cm³/mol. The number of nitrogens with zero attached hydrogens (tertiary/aromatic N) is 2. The third kappa shape index (κ3) is 7.74. The van der Waals surface area contributed by atoms with Crippen molar-refractivity contribution in [2.24, 2.45) is 0 Å². The maximum absolute atomic E-state index is 13.9. The minimum absolute atomic E-state index is 0.0421. The van der Waals surface area contributed by atoms with Gasteiger partial charge in [0.25, 0.3) is 10.0 Å². The molecule has 208 valence electrons. The molecule has 0 aliphatic rings. The summed E-state index contributed by atoms with van der Waals surface area (Å²) in [5, 5.41) is 3.45. The van der Waals surface area contributed by atoms with Crippen molar-refractivity contribution in [1.82, 2.24) is 10.2 Å². The number of carbonyl (C=O) groups excluding carboxylic acids is 2. The van der Waals surface area contributed by atoms with Gasteiger partial charge < -0.3 is 15.0 Å². The molecule has 3 aromatic carbocycles. The molecule has 0 heterocycles. The van der Waals surface area contributed by atoms with Gasteiger partial charge in [0.2, 0.25) is 11.8 Å². The Labute approximate surface area is 235 Å². The highest BCUT2D eigenvalue weighted by Gasteiger charge is 2.32. The van der Waals surface area contributed by atoms with E-state index in [1.807, 2.05) is 13.8 Å². The van der Waals surface area contributed by atoms with Crippen LogP contribution in [-0.4, -0.2) is 50.9 Å². The molecule has 0 radical (unpaired) electrons. The Bertz CT molecular complexity index is 1350. The van der Waals surface area contributed by atoms with Crippen LogP contribution in [0.5, 0.6) is 5.75 Å². The number of ether oxygens (including phenoxy) is 1. The lowest BCUT2D eigenvalue weighted by atomic mass is 10.1. The van der Waals surface area contributed by atoms with E-state index in [0.717, 1.165) is 16.3 Å². The minimum atomic E-state index is -4.12. The lowest BCUT2D eigenvalue weighted by Crippen LogP contribution is -2.52. The molecule has 1 N–H and O–H groups in total. The van der Waals surface area contributed by atoms with Crippen LogP contribution in [-0.2, 0) is 26.2 Å². The molecule has 8 nitrogen and oxygen atoms in total. The van der Waals surface area contributed by atoms with Crippen molar-refractivity contribution in [1.29, 1.82) is 0 Å². The van der Waals surface area contributed by atoms with Gasteiger partial charge in [0.1, 0.15) is 18.3 Å². The Morgan fingerprint density at radius 3 is 2.13 bits per heavy atom. The number of anilines is 1. The van der Waals surface area contributed by atoms with E-state index < -0.39 is 28.5 Å². The monoisotopic (exact) mass is 571 g/mol. The quantitative estimate of drug-likeness (QED) is 0.334. The fraction of sp³-hybridized carbons (Fsp3) is 0.310. The summed E-state index contributed by atoms with van der Waals surface area (Å²) in [7, 11) is -2.61. The highest BCUT2D eigenvalue weighted by Crippen LogP contribution is 2.26. The molecule has 3 rings (SSSR count). The van der Waals surface area contributed by atoms with Gasteiger partial charge in [-0.1, -0.05) is 48.9 Å². The number of nitrogens with one attached hydrogen (secondary N) is 1. The Morgan fingerprint density at radius 1 is 0.949 bits per heavy atom. The van der Waals surface area contributed by atoms with E-state index in [1.165, 1.54) is 24.1 Å². The highest BCUT2D eigenvalue weighted by molar-refractivity contribution is 7.92. The van der Waals surface area contributed by atoms with Crippen LogP contribution < -0.4 is 14.4 Å². The fourth-order valence-corrected chi connectivity index (χ4v) is 5.39. The lowest BCUT2D eigenvalue weighted by molar-refractivity contribution is -0.139. The summed E-state index contributed by atoms with van der Waals surface area (Å²) in [6.45, 7) is 5.04. The largest absolute Gasteiger partial charge is 0.497 e. The Hall–Kier alpha value is -3.56. The van der Waals surface area contributed by atoms with E-state index in [2.05, 4.69) is 5.32 Å². The van der Waals surface area contributed by atoms with E-state index in [-0.39, 0.29) is 29.1 Å². The molecule has 2 atom stereocenters. The number of amides is 2. The van der Waals surface area contributed by atoms with Gasteiger partial charge in [0, 0.05) is 17.6 Å². The molecule has 0 spiro atoms. The number of halogens is 1. The van der Waals surface area contributed by atoms with Crippen LogP contribution in [0.1, 0.15) is 32.8 Å². The first-order chi connectivity index (χ1) is 18.6. The minimum Gasteiger partial charge on any atom is -0.497 e. The molecular weight excluding hydrogens is 538 g/mol. The third-order valence-corrected chi connectivity index (χ3v) is 8.45. The maximum Gasteiger partial charge on any atom is 0.264 e. The van der Waals surface area contributed by atoms with Gasteiger partial charge in [-0.25, -0.2) is 8.42 Å². The summed E-state index contributed by atoms with van der Waals surface area (Å²) in [5.41, 5.74) is 1.04. The summed E-state index contributed by atoms with van der Waals surface area (Å²) in [6.07, 6.45) is 0.726. The molecule has 39 heavy (non-hydrogen) atoms. The molecule has 10 heteroatoms. The molecule has 0 aliphatic carbocycles. The zero-order chi connectivity index (χ0) is 28.6. The van der Waals surface area contributed by atoms with Crippen LogP contribution in [0, 0.1) is 0 Å². The Kier molecular flexibility index (Phi) is 10.4. The molecule has 0 aromatic heterocycles. The van der Waals surface area contributed by atoms with Crippen LogP contribution in [0.4, 0.5) is 5.69 Å². The number of rotatable bonds is 12. The van der Waals surface area contributed by atoms with Crippen LogP contribution >= 0.6 is 11.6 Å². The zero-order valence-corrected chi connectivity index (χ0v) is 24.1. The smallest absolute Gasteiger partial charge is 0.264 e. The number of benzene rings is 3. The van der Waals surface area contributed by atoms with E-state index in [1.54, 1.807) is 73.7 Å². The molecule has 2 amide bonds. The Morgan fingerprint density at radius 2 is 1.56 bits per heavy atom. The summed E-state index contributed by atoms with van der Waals surface area (Å²) in [6, 6.07) is 20.3. The van der Waals surface area contributed by atoms with Gasteiger partial charge in [-0.3, -0.25) is 13.9 Å². The summed E-state index contributed by atoms with van der Waals surface area (Å²) >= 11 is 6.04. The lowest BCUT2D eigenvalue weighted by Gasteiger charge is -2.32. The fourth-order valence-electron chi connectivity index (χ4n) is 3.83. The molecule has 0 aliphatic heterocycles. The van der Waals surface area contributed by atoms with Crippen molar-refractivity contribution in [3.8, 4) is 5.75 Å². The van der Waals surface area contributed by atoms with Crippen LogP contribution in [0.2, 0.25) is 5.02 Å². The molecular formula is C29H34ClN3O5S. The van der Waals surface area contributed by atoms with Crippen molar-refractivity contribution in [2.45, 2.75) is 50.7 Å². The van der Waals surface area contributed by atoms with Gasteiger partial charge >= 0.3 is 0 Å². The van der Waals surface area contributed by atoms with Crippen LogP contribution in [0.3, 0.4) is 0 Å². The third-order valence-electron chi connectivity index (χ3n) is 6.40. The molecule has 0 saturated carbocycles. The molecule has 3 aromatic rings. The second-order valence-corrected chi connectivity index (χ2v) is 11.5. The van der Waals surface area contributed by atoms with E-state index >= 15 is 0 Å². The SMILES string of the molecule is CC[C@@H](C)NC(=O)[C@@H](C)N(Cc1ccc(Cl)cc1)C(=O)CN(c1ccc(OC)cc1)S(=O)(=O)c1ccccc1. The van der Waals surface area contributed by atoms with Crippen molar-refractivity contribution < 1.29 is 22.7 Å². The second kappa shape index (κ2) is 13.5. The summed E-state index contributed by atoms with van der Waals surface area (Å²) < 4.78 is 33.8. The van der Waals surface area contributed by atoms with Gasteiger partial charge in [-0.2, -0.15) is 0 Å². The topological polar surface area (TPSA) is 96.0 Å². The predicted octanol–water partition coefficient (Wildman–Crippen LogP) is 4.88. The van der Waals surface area contributed by atoms with Crippen molar-refractivity contribution in [2.75, 3.05) is 18.0 Å². The van der Waals surface area contributed by atoms with Gasteiger partial charge in [0.05, 0.1) is 17.7 Å². The zero-order valence-electron chi connectivity index (χ0n) is 22.5. The van der Waals surface area contributed by atoms with Crippen molar-refractivity contribution in [3.05, 3.63) is 89.4 Å². The summed E-state index contributed by atoms with van der Waals surface area (Å²) in [4.78, 5) is 28.4. The molecule has 0 saturated heterocycles. The van der Waals surface area contributed by atoms with Crippen molar-refractivity contribution in [3.63, 3.8) is 0 Å². The first kappa shape index (κ1) is 30.0. The molecule has 0 unspecified atom stereocenters. The summed E-state index contributed by atoms with van der Waals surface area (Å²) in [5.74, 6) is -0.317. The van der Waals surface area contributed by atoms with Gasteiger partial charge in [-0.15, -0.1) is 0 Å². The number of hydrogen-bond donors (Lipinski definition) is 1. The van der Waals surface area contributed by atoms with E-state index in [9.17, 15) is 18.0 Å². The molecule has 0 fully saturated rings. The number of sulfonamides is 1. The molecule has 0 bridgehead atoms. The van der Waals surface area contributed by atoms with Gasteiger partial charge in [-0.05, 0) is 74.4 Å². The number of hydrogen-bond acceptors (Lipinski definition) is 5. The first-order valence-electron chi connectivity index (χ1n) is 12.6. The first-order valence-corrected chi connectivity index (χ1v) is 14.4. The average Bonchev–Trinajstić information content (AvgIpc) is 2.95. The number of methoxy groups -OCH3 is 1. The Balaban J connectivity index is 2.01. The van der Waals surface area contributed by atoms with E-state index in [4.69, 9.17) is 16.3 Å². The standard InChI is InChI=1S/C29H34ClN3O5S/c1-5-21(2)31-29(35)22(3)32(19-23-11-13-24(30)14-12-23)28(34)20-33(25-15-17-26(38-4)18-16-25)39(36,37)27-9-7-6-8-10-27/h6-18,21-22H,5,19-20H2,1-4H3,(H,31,35)/t21-,22-/m1/s1.